The van der Waals surface area contributed by atoms with Crippen LogP contribution in [-0.2, 0) is 10.0 Å². The highest BCUT2D eigenvalue weighted by Gasteiger charge is 2.22. The summed E-state index contributed by atoms with van der Waals surface area (Å²) < 4.78 is 51.6. The van der Waals surface area contributed by atoms with E-state index in [2.05, 4.69) is 0 Å². The monoisotopic (exact) mass is 298 g/mol. The average Bonchev–Trinajstić information content (AvgIpc) is 2.41. The first kappa shape index (κ1) is 14.3. The molecule has 0 unspecified atom stereocenters. The van der Waals surface area contributed by atoms with E-state index in [1.54, 1.807) is 0 Å². The molecule has 2 aromatic carbocycles. The van der Waals surface area contributed by atoms with Gasteiger partial charge < -0.3 is 5.73 Å². The molecule has 0 atom stereocenters. The number of nitrogens with two attached hydrogens (primary N) is 1. The molecule has 0 aliphatic rings. The Bertz CT molecular complexity index is 731. The van der Waals surface area contributed by atoms with Crippen molar-refractivity contribution in [3.8, 4) is 0 Å². The van der Waals surface area contributed by atoms with Crippen LogP contribution in [-0.4, -0.2) is 15.5 Å². The van der Waals surface area contributed by atoms with Crippen molar-refractivity contribution in [1.82, 2.24) is 0 Å². The van der Waals surface area contributed by atoms with Crippen molar-refractivity contribution in [3.05, 3.63) is 54.1 Å². The van der Waals surface area contributed by atoms with Crippen molar-refractivity contribution in [2.75, 3.05) is 17.1 Å². The third-order valence-electron chi connectivity index (χ3n) is 2.82. The summed E-state index contributed by atoms with van der Waals surface area (Å²) in [6.07, 6.45) is 0. The fraction of sp³-hybridized carbons (Fsp3) is 0.0769. The number of anilines is 2. The maximum Gasteiger partial charge on any atom is 0.264 e. The number of nitrogens with zero attached hydrogens (tertiary/aromatic N) is 1. The van der Waals surface area contributed by atoms with E-state index in [4.69, 9.17) is 5.73 Å². The fourth-order valence-corrected chi connectivity index (χ4v) is 2.86. The van der Waals surface area contributed by atoms with Gasteiger partial charge in [0.2, 0.25) is 0 Å². The van der Waals surface area contributed by atoms with Gasteiger partial charge in [0.15, 0.2) is 0 Å². The molecule has 0 heterocycles. The van der Waals surface area contributed by atoms with E-state index in [0.717, 1.165) is 34.6 Å². The molecule has 0 aromatic heterocycles. The summed E-state index contributed by atoms with van der Waals surface area (Å²) >= 11 is 0. The number of hydrogen-bond donors (Lipinski definition) is 1. The minimum absolute atomic E-state index is 0.136. The van der Waals surface area contributed by atoms with Gasteiger partial charge >= 0.3 is 0 Å². The van der Waals surface area contributed by atoms with Crippen LogP contribution in [0.25, 0.3) is 0 Å². The number of hydrogen-bond acceptors (Lipinski definition) is 3. The van der Waals surface area contributed by atoms with Gasteiger partial charge in [-0.05, 0) is 42.5 Å². The van der Waals surface area contributed by atoms with Crippen LogP contribution in [0.15, 0.2) is 47.4 Å². The number of rotatable bonds is 3. The number of benzene rings is 2. The summed E-state index contributed by atoms with van der Waals surface area (Å²) in [5.41, 5.74) is 5.40. The first-order valence-corrected chi connectivity index (χ1v) is 7.06. The molecule has 2 N–H and O–H groups in total. The Kier molecular flexibility index (Phi) is 3.63. The third kappa shape index (κ3) is 2.57. The van der Waals surface area contributed by atoms with Gasteiger partial charge in [0.25, 0.3) is 10.0 Å². The second kappa shape index (κ2) is 5.09. The Balaban J connectivity index is 2.43. The summed E-state index contributed by atoms with van der Waals surface area (Å²) in [4.78, 5) is -0.136. The van der Waals surface area contributed by atoms with Crippen LogP contribution in [0.3, 0.4) is 0 Å². The van der Waals surface area contributed by atoms with E-state index in [1.807, 2.05) is 0 Å². The zero-order chi connectivity index (χ0) is 14.9. The number of halogens is 2. The van der Waals surface area contributed by atoms with Gasteiger partial charge in [0.05, 0.1) is 16.3 Å². The highest BCUT2D eigenvalue weighted by atomic mass is 32.2. The minimum Gasteiger partial charge on any atom is -0.396 e. The SMILES string of the molecule is CN(c1ccc(F)cc1)S(=O)(=O)c1ccc(F)c(N)c1. The average molecular weight is 298 g/mol. The Morgan fingerprint density at radius 1 is 1.05 bits per heavy atom. The fourth-order valence-electron chi connectivity index (χ4n) is 1.63. The van der Waals surface area contributed by atoms with Crippen LogP contribution < -0.4 is 10.0 Å². The van der Waals surface area contributed by atoms with Gasteiger partial charge in [0, 0.05) is 7.05 Å². The van der Waals surface area contributed by atoms with Crippen molar-refractivity contribution in [2.24, 2.45) is 0 Å². The zero-order valence-corrected chi connectivity index (χ0v) is 11.4. The molecule has 0 saturated heterocycles. The lowest BCUT2D eigenvalue weighted by molar-refractivity contribution is 0.593. The molecule has 0 radical (unpaired) electrons. The van der Waals surface area contributed by atoms with Gasteiger partial charge in [-0.1, -0.05) is 0 Å². The molecule has 106 valence electrons. The second-order valence-corrected chi connectivity index (χ2v) is 6.10. The maximum atomic E-state index is 13.1. The lowest BCUT2D eigenvalue weighted by atomic mass is 10.3. The predicted octanol–water partition coefficient (Wildman–Crippen LogP) is 2.37. The predicted molar refractivity (Wildman–Crippen MR) is 72.8 cm³/mol. The molecule has 2 rings (SSSR count). The van der Waals surface area contributed by atoms with Crippen molar-refractivity contribution in [3.63, 3.8) is 0 Å². The standard InChI is InChI=1S/C13H12F2N2O2S/c1-17(10-4-2-9(14)3-5-10)20(18,19)11-6-7-12(15)13(16)8-11/h2-8H,16H2,1H3. The van der Waals surface area contributed by atoms with E-state index in [-0.39, 0.29) is 16.3 Å². The molecular weight excluding hydrogens is 286 g/mol. The molecule has 0 amide bonds. The van der Waals surface area contributed by atoms with Gasteiger partial charge in [-0.15, -0.1) is 0 Å². The van der Waals surface area contributed by atoms with Crippen LogP contribution in [0.5, 0.6) is 0 Å². The molecule has 0 aliphatic heterocycles. The van der Waals surface area contributed by atoms with Gasteiger partial charge in [-0.2, -0.15) is 0 Å². The topological polar surface area (TPSA) is 63.4 Å². The summed E-state index contributed by atoms with van der Waals surface area (Å²) in [7, 11) is -2.56. The van der Waals surface area contributed by atoms with Gasteiger partial charge in [-0.25, -0.2) is 17.2 Å². The second-order valence-electron chi connectivity index (χ2n) is 4.13. The zero-order valence-electron chi connectivity index (χ0n) is 10.5. The highest BCUT2D eigenvalue weighted by molar-refractivity contribution is 7.92. The minimum atomic E-state index is -3.88. The van der Waals surface area contributed by atoms with E-state index >= 15 is 0 Å². The lowest BCUT2D eigenvalue weighted by Crippen LogP contribution is -2.26. The lowest BCUT2D eigenvalue weighted by Gasteiger charge is -2.19. The quantitative estimate of drug-likeness (QED) is 0.885. The molecule has 20 heavy (non-hydrogen) atoms. The van der Waals surface area contributed by atoms with Crippen LogP contribution in [0.4, 0.5) is 20.2 Å². The third-order valence-corrected chi connectivity index (χ3v) is 4.60. The Labute approximate surface area is 115 Å². The van der Waals surface area contributed by atoms with Gasteiger partial charge in [-0.3, -0.25) is 4.31 Å². The molecular formula is C13H12F2N2O2S. The molecule has 7 heteroatoms. The van der Waals surface area contributed by atoms with E-state index in [0.29, 0.717) is 0 Å². The van der Waals surface area contributed by atoms with Crippen LogP contribution >= 0.6 is 0 Å². The van der Waals surface area contributed by atoms with Crippen LogP contribution in [0, 0.1) is 11.6 Å². The first-order valence-electron chi connectivity index (χ1n) is 5.62. The largest absolute Gasteiger partial charge is 0.396 e. The molecule has 0 bridgehead atoms. The normalized spacial score (nSPS) is 11.3. The van der Waals surface area contributed by atoms with Crippen LogP contribution in [0.2, 0.25) is 0 Å². The van der Waals surface area contributed by atoms with E-state index in [1.165, 1.54) is 19.2 Å². The van der Waals surface area contributed by atoms with E-state index in [9.17, 15) is 17.2 Å². The summed E-state index contributed by atoms with van der Waals surface area (Å²) in [5.74, 6) is -1.15. The summed E-state index contributed by atoms with van der Waals surface area (Å²) in [6.45, 7) is 0. The molecule has 0 spiro atoms. The molecule has 4 nitrogen and oxygen atoms in total. The van der Waals surface area contributed by atoms with Crippen molar-refractivity contribution in [1.29, 1.82) is 0 Å². The molecule has 0 fully saturated rings. The van der Waals surface area contributed by atoms with Gasteiger partial charge in [0.1, 0.15) is 11.6 Å². The smallest absolute Gasteiger partial charge is 0.264 e. The van der Waals surface area contributed by atoms with Crippen molar-refractivity contribution < 1.29 is 17.2 Å². The molecule has 2 aromatic rings. The molecule has 0 saturated carbocycles. The van der Waals surface area contributed by atoms with Crippen LogP contribution in [0.1, 0.15) is 0 Å². The first-order chi connectivity index (χ1) is 9.32. The van der Waals surface area contributed by atoms with Crippen molar-refractivity contribution in [2.45, 2.75) is 4.90 Å². The summed E-state index contributed by atoms with van der Waals surface area (Å²) in [5, 5.41) is 0. The highest BCUT2D eigenvalue weighted by Crippen LogP contribution is 2.24. The Morgan fingerprint density at radius 3 is 2.20 bits per heavy atom. The van der Waals surface area contributed by atoms with E-state index < -0.39 is 21.7 Å². The molecule has 0 aliphatic carbocycles. The van der Waals surface area contributed by atoms with Crippen molar-refractivity contribution >= 4 is 21.4 Å². The Hall–Kier alpha value is -2.15. The number of sulfonamides is 1. The summed E-state index contributed by atoms with van der Waals surface area (Å²) in [6, 6.07) is 8.13. The number of nitrogen functional groups attached to an aromatic ring is 1. The Morgan fingerprint density at radius 2 is 1.65 bits per heavy atom. The maximum absolute atomic E-state index is 13.1.